The molecule has 19 heavy (non-hydrogen) atoms. The molecule has 3 rings (SSSR count). The second-order valence-corrected chi connectivity index (χ2v) is 6.04. The highest BCUT2D eigenvalue weighted by Gasteiger charge is 2.25. The van der Waals surface area contributed by atoms with Gasteiger partial charge in [-0.15, -0.1) is 0 Å². The van der Waals surface area contributed by atoms with Gasteiger partial charge in [0.1, 0.15) is 5.82 Å². The maximum absolute atomic E-state index is 4.74. The van der Waals surface area contributed by atoms with Crippen LogP contribution in [0.5, 0.6) is 0 Å². The number of rotatable bonds is 5. The first kappa shape index (κ1) is 12.9. The van der Waals surface area contributed by atoms with E-state index in [1.807, 2.05) is 0 Å². The predicted molar refractivity (Wildman–Crippen MR) is 79.5 cm³/mol. The molecule has 3 heteroatoms. The third kappa shape index (κ3) is 2.92. The Morgan fingerprint density at radius 3 is 2.89 bits per heavy atom. The minimum absolute atomic E-state index is 0.696. The molecule has 0 spiro atoms. The number of anilines is 1. The largest absolute Gasteiger partial charge is 0.353 e. The van der Waals surface area contributed by atoms with Crippen LogP contribution < -0.4 is 10.2 Å². The summed E-state index contributed by atoms with van der Waals surface area (Å²) in [6.45, 7) is 6.63. The third-order valence-corrected chi connectivity index (χ3v) is 4.40. The molecule has 1 saturated carbocycles. The van der Waals surface area contributed by atoms with E-state index in [0.29, 0.717) is 6.04 Å². The summed E-state index contributed by atoms with van der Waals surface area (Å²) >= 11 is 0. The molecule has 3 nitrogen and oxygen atoms in total. The highest BCUT2D eigenvalue weighted by atomic mass is 15.2. The molecular formula is C16H25N3. The standard InChI is InChI=1S/C16H25N3/c1-3-15-5-4-8-19(15)16-12(2)9-13(11-18-16)10-17-14-6-7-14/h9,11,14-15,17H,3-8,10H2,1-2H3. The molecule has 0 aromatic carbocycles. The molecule has 0 radical (unpaired) electrons. The van der Waals surface area contributed by atoms with Crippen molar-refractivity contribution < 1.29 is 0 Å². The van der Waals surface area contributed by atoms with Crippen molar-refractivity contribution in [1.82, 2.24) is 10.3 Å². The minimum atomic E-state index is 0.696. The minimum Gasteiger partial charge on any atom is -0.353 e. The second-order valence-electron chi connectivity index (χ2n) is 6.04. The van der Waals surface area contributed by atoms with Crippen LogP contribution in [0.3, 0.4) is 0 Å². The van der Waals surface area contributed by atoms with Crippen LogP contribution in [-0.2, 0) is 6.54 Å². The predicted octanol–water partition coefficient (Wildman–Crippen LogP) is 3.02. The van der Waals surface area contributed by atoms with E-state index in [2.05, 4.69) is 36.3 Å². The van der Waals surface area contributed by atoms with Gasteiger partial charge in [0.05, 0.1) is 0 Å². The zero-order chi connectivity index (χ0) is 13.2. The fourth-order valence-electron chi connectivity index (χ4n) is 3.11. The van der Waals surface area contributed by atoms with E-state index in [1.54, 1.807) is 0 Å². The van der Waals surface area contributed by atoms with Gasteiger partial charge in [-0.05, 0) is 56.2 Å². The Balaban J connectivity index is 1.71. The van der Waals surface area contributed by atoms with Gasteiger partial charge in [-0.1, -0.05) is 6.92 Å². The fourth-order valence-corrected chi connectivity index (χ4v) is 3.11. The summed E-state index contributed by atoms with van der Waals surface area (Å²) in [5, 5.41) is 3.56. The molecule has 104 valence electrons. The molecule has 1 saturated heterocycles. The fraction of sp³-hybridized carbons (Fsp3) is 0.688. The first-order valence-corrected chi connectivity index (χ1v) is 7.73. The van der Waals surface area contributed by atoms with Crippen molar-refractivity contribution in [2.75, 3.05) is 11.4 Å². The second kappa shape index (κ2) is 5.49. The van der Waals surface area contributed by atoms with Gasteiger partial charge in [0, 0.05) is 31.4 Å². The lowest BCUT2D eigenvalue weighted by Crippen LogP contribution is -2.30. The number of aryl methyl sites for hydroxylation is 1. The summed E-state index contributed by atoms with van der Waals surface area (Å²) in [5.41, 5.74) is 2.65. The van der Waals surface area contributed by atoms with Crippen molar-refractivity contribution in [3.63, 3.8) is 0 Å². The number of aromatic nitrogens is 1. The zero-order valence-electron chi connectivity index (χ0n) is 12.2. The van der Waals surface area contributed by atoms with Gasteiger partial charge in [-0.25, -0.2) is 4.98 Å². The normalized spacial score (nSPS) is 23.1. The average Bonchev–Trinajstić information content (AvgIpc) is 3.13. The summed E-state index contributed by atoms with van der Waals surface area (Å²) < 4.78 is 0. The van der Waals surface area contributed by atoms with Crippen LogP contribution in [0.25, 0.3) is 0 Å². The Labute approximate surface area is 116 Å². The van der Waals surface area contributed by atoms with E-state index >= 15 is 0 Å². The van der Waals surface area contributed by atoms with Gasteiger partial charge in [0.15, 0.2) is 0 Å². The Morgan fingerprint density at radius 2 is 2.21 bits per heavy atom. The molecule has 1 atom stereocenters. The van der Waals surface area contributed by atoms with Crippen LogP contribution in [0.4, 0.5) is 5.82 Å². The molecule has 0 amide bonds. The summed E-state index contributed by atoms with van der Waals surface area (Å²) in [6.07, 6.45) is 8.61. The van der Waals surface area contributed by atoms with Crippen LogP contribution in [-0.4, -0.2) is 23.6 Å². The quantitative estimate of drug-likeness (QED) is 0.881. The van der Waals surface area contributed by atoms with Gasteiger partial charge in [-0.2, -0.15) is 0 Å². The van der Waals surface area contributed by atoms with Crippen molar-refractivity contribution in [3.8, 4) is 0 Å². The maximum atomic E-state index is 4.74. The van der Waals surface area contributed by atoms with Crippen molar-refractivity contribution in [2.24, 2.45) is 0 Å². The van der Waals surface area contributed by atoms with Gasteiger partial charge >= 0.3 is 0 Å². The maximum Gasteiger partial charge on any atom is 0.131 e. The van der Waals surface area contributed by atoms with E-state index in [4.69, 9.17) is 4.98 Å². The molecule has 1 aromatic heterocycles. The summed E-state index contributed by atoms with van der Waals surface area (Å²) in [5.74, 6) is 1.21. The van der Waals surface area contributed by atoms with Crippen LogP contribution in [0.1, 0.15) is 50.2 Å². The molecular weight excluding hydrogens is 234 g/mol. The number of hydrogen-bond acceptors (Lipinski definition) is 3. The van der Waals surface area contributed by atoms with E-state index in [-0.39, 0.29) is 0 Å². The lowest BCUT2D eigenvalue weighted by atomic mass is 10.1. The molecule has 2 aliphatic rings. The first-order chi connectivity index (χ1) is 9.28. The topological polar surface area (TPSA) is 28.2 Å². The summed E-state index contributed by atoms with van der Waals surface area (Å²) in [6, 6.07) is 3.77. The van der Waals surface area contributed by atoms with E-state index in [1.165, 1.54) is 55.6 Å². The zero-order valence-corrected chi connectivity index (χ0v) is 12.2. The molecule has 2 fully saturated rings. The van der Waals surface area contributed by atoms with Crippen molar-refractivity contribution in [2.45, 2.75) is 64.6 Å². The average molecular weight is 259 g/mol. The van der Waals surface area contributed by atoms with E-state index in [0.717, 1.165) is 12.6 Å². The van der Waals surface area contributed by atoms with E-state index < -0.39 is 0 Å². The number of pyridine rings is 1. The van der Waals surface area contributed by atoms with Gasteiger partial charge in [0.2, 0.25) is 0 Å². The SMILES string of the molecule is CCC1CCCN1c1ncc(CNC2CC2)cc1C. The summed E-state index contributed by atoms with van der Waals surface area (Å²) in [4.78, 5) is 7.25. The van der Waals surface area contributed by atoms with Crippen LogP contribution in [0.15, 0.2) is 12.3 Å². The number of nitrogens with zero attached hydrogens (tertiary/aromatic N) is 2. The van der Waals surface area contributed by atoms with Crippen LogP contribution in [0.2, 0.25) is 0 Å². The number of hydrogen-bond donors (Lipinski definition) is 1. The lowest BCUT2D eigenvalue weighted by molar-refractivity contribution is 0.638. The monoisotopic (exact) mass is 259 g/mol. The Bertz CT molecular complexity index is 440. The number of nitrogens with one attached hydrogen (secondary N) is 1. The van der Waals surface area contributed by atoms with E-state index in [9.17, 15) is 0 Å². The highest BCUT2D eigenvalue weighted by molar-refractivity contribution is 5.49. The molecule has 1 aromatic rings. The smallest absolute Gasteiger partial charge is 0.131 e. The molecule has 1 N–H and O–H groups in total. The van der Waals surface area contributed by atoms with Crippen molar-refractivity contribution in [1.29, 1.82) is 0 Å². The van der Waals surface area contributed by atoms with Crippen molar-refractivity contribution >= 4 is 5.82 Å². The Hall–Kier alpha value is -1.09. The molecule has 1 aliphatic carbocycles. The first-order valence-electron chi connectivity index (χ1n) is 7.73. The van der Waals surface area contributed by atoms with Crippen LogP contribution >= 0.6 is 0 Å². The van der Waals surface area contributed by atoms with Crippen LogP contribution in [0, 0.1) is 6.92 Å². The van der Waals surface area contributed by atoms with Gasteiger partial charge < -0.3 is 10.2 Å². The van der Waals surface area contributed by atoms with Gasteiger partial charge in [-0.3, -0.25) is 0 Å². The highest BCUT2D eigenvalue weighted by Crippen LogP contribution is 2.28. The Kier molecular flexibility index (Phi) is 3.74. The molecule has 0 bridgehead atoms. The summed E-state index contributed by atoms with van der Waals surface area (Å²) in [7, 11) is 0. The molecule has 1 aliphatic heterocycles. The lowest BCUT2D eigenvalue weighted by Gasteiger charge is -2.26. The third-order valence-electron chi connectivity index (χ3n) is 4.40. The van der Waals surface area contributed by atoms with Crippen molar-refractivity contribution in [3.05, 3.63) is 23.4 Å². The Morgan fingerprint density at radius 1 is 1.37 bits per heavy atom. The molecule has 2 heterocycles. The molecule has 1 unspecified atom stereocenters. The van der Waals surface area contributed by atoms with Gasteiger partial charge in [0.25, 0.3) is 0 Å².